The molecule has 1 aromatic heterocycles. The number of carbonyl (C=O) groups is 1. The van der Waals surface area contributed by atoms with E-state index in [9.17, 15) is 4.79 Å². The third-order valence-electron chi connectivity index (χ3n) is 1.28. The first-order chi connectivity index (χ1) is 5.59. The maximum atomic E-state index is 10.4. The quantitative estimate of drug-likeness (QED) is 0.654. The molecule has 0 saturated heterocycles. The third-order valence-corrected chi connectivity index (χ3v) is 1.60. The van der Waals surface area contributed by atoms with Crippen molar-refractivity contribution in [2.75, 3.05) is 0 Å². The number of hydrogen-bond acceptors (Lipinski definition) is 3. The molecule has 4 nitrogen and oxygen atoms in total. The molecule has 0 aliphatic rings. The zero-order valence-corrected chi connectivity index (χ0v) is 7.63. The molecule has 0 N–H and O–H groups in total. The van der Waals surface area contributed by atoms with Crippen molar-refractivity contribution in [3.8, 4) is 0 Å². The van der Waals surface area contributed by atoms with Crippen molar-refractivity contribution in [3.05, 3.63) is 16.9 Å². The van der Waals surface area contributed by atoms with Crippen molar-refractivity contribution >= 4 is 17.6 Å². The van der Waals surface area contributed by atoms with E-state index in [0.29, 0.717) is 5.15 Å². The molecule has 0 fully saturated rings. The van der Waals surface area contributed by atoms with Crippen LogP contribution in [0.5, 0.6) is 0 Å². The lowest BCUT2D eigenvalue weighted by Crippen LogP contribution is -1.98. The highest BCUT2D eigenvalue weighted by atomic mass is 35.5. The average molecular weight is 189 g/mol. The van der Waals surface area contributed by atoms with Crippen molar-refractivity contribution < 1.29 is 9.53 Å². The Kier molecular flexibility index (Phi) is 2.70. The summed E-state index contributed by atoms with van der Waals surface area (Å²) in [5, 5.41) is 4.25. The van der Waals surface area contributed by atoms with Gasteiger partial charge >= 0.3 is 5.97 Å². The van der Waals surface area contributed by atoms with Gasteiger partial charge in [0.1, 0.15) is 6.61 Å². The summed E-state index contributed by atoms with van der Waals surface area (Å²) in [6.45, 7) is 1.53. The van der Waals surface area contributed by atoms with Gasteiger partial charge in [-0.15, -0.1) is 0 Å². The fraction of sp³-hybridized carbons (Fsp3) is 0.429. The summed E-state index contributed by atoms with van der Waals surface area (Å²) in [5.41, 5.74) is 0.717. The molecule has 1 heterocycles. The second kappa shape index (κ2) is 3.58. The van der Waals surface area contributed by atoms with E-state index in [1.54, 1.807) is 17.9 Å². The standard InChI is InChI=1S/C7H9ClN2O2/c1-5(11)12-4-6-3-10(2)9-7(6)8/h3H,4H2,1-2H3. The summed E-state index contributed by atoms with van der Waals surface area (Å²) >= 11 is 5.71. The maximum absolute atomic E-state index is 10.4. The summed E-state index contributed by atoms with van der Waals surface area (Å²) in [5.74, 6) is -0.324. The van der Waals surface area contributed by atoms with Crippen LogP contribution in [-0.4, -0.2) is 15.7 Å². The van der Waals surface area contributed by atoms with Crippen molar-refractivity contribution in [1.82, 2.24) is 9.78 Å². The Morgan fingerprint density at radius 1 is 1.83 bits per heavy atom. The Morgan fingerprint density at radius 3 is 2.92 bits per heavy atom. The van der Waals surface area contributed by atoms with E-state index >= 15 is 0 Å². The minimum absolute atomic E-state index is 0.183. The van der Waals surface area contributed by atoms with Crippen LogP contribution in [0.15, 0.2) is 6.20 Å². The minimum atomic E-state index is -0.324. The number of rotatable bonds is 2. The molecule has 0 amide bonds. The van der Waals surface area contributed by atoms with Crippen LogP contribution in [0.2, 0.25) is 5.15 Å². The van der Waals surface area contributed by atoms with Gasteiger partial charge < -0.3 is 4.74 Å². The molecule has 0 aliphatic carbocycles. The van der Waals surface area contributed by atoms with Crippen LogP contribution >= 0.6 is 11.6 Å². The fourth-order valence-corrected chi connectivity index (χ4v) is 1.01. The number of halogens is 1. The van der Waals surface area contributed by atoms with E-state index in [0.717, 1.165) is 5.56 Å². The molecule has 0 unspecified atom stereocenters. The predicted molar refractivity (Wildman–Crippen MR) is 43.7 cm³/mol. The molecule has 5 heteroatoms. The lowest BCUT2D eigenvalue weighted by molar-refractivity contribution is -0.142. The van der Waals surface area contributed by atoms with E-state index in [1.165, 1.54) is 6.92 Å². The predicted octanol–water partition coefficient (Wildman–Crippen LogP) is 1.14. The maximum Gasteiger partial charge on any atom is 0.302 e. The van der Waals surface area contributed by atoms with Gasteiger partial charge in [0.15, 0.2) is 5.15 Å². The van der Waals surface area contributed by atoms with Crippen molar-refractivity contribution in [3.63, 3.8) is 0 Å². The second-order valence-corrected chi connectivity index (χ2v) is 2.76. The van der Waals surface area contributed by atoms with Crippen LogP contribution in [0, 0.1) is 0 Å². The number of esters is 1. The van der Waals surface area contributed by atoms with Gasteiger partial charge in [-0.3, -0.25) is 9.48 Å². The Morgan fingerprint density at radius 2 is 2.50 bits per heavy atom. The van der Waals surface area contributed by atoms with Crippen molar-refractivity contribution in [2.45, 2.75) is 13.5 Å². The highest BCUT2D eigenvalue weighted by Gasteiger charge is 2.05. The molecule has 66 valence electrons. The monoisotopic (exact) mass is 188 g/mol. The lowest BCUT2D eigenvalue weighted by atomic mass is 10.4. The Bertz CT molecular complexity index is 296. The van der Waals surface area contributed by atoms with E-state index in [-0.39, 0.29) is 12.6 Å². The smallest absolute Gasteiger partial charge is 0.302 e. The number of carbonyl (C=O) groups excluding carboxylic acids is 1. The molecule has 0 saturated carbocycles. The van der Waals surface area contributed by atoms with E-state index in [4.69, 9.17) is 16.3 Å². The van der Waals surface area contributed by atoms with Crippen LogP contribution < -0.4 is 0 Å². The van der Waals surface area contributed by atoms with Crippen molar-refractivity contribution in [2.24, 2.45) is 7.05 Å². The molecular formula is C7H9ClN2O2. The SMILES string of the molecule is CC(=O)OCc1cn(C)nc1Cl. The molecule has 1 rings (SSSR count). The summed E-state index contributed by atoms with van der Waals surface area (Å²) in [6.07, 6.45) is 1.71. The molecule has 12 heavy (non-hydrogen) atoms. The second-order valence-electron chi connectivity index (χ2n) is 2.40. The molecule has 0 bridgehead atoms. The van der Waals surface area contributed by atoms with Crippen LogP contribution in [0.1, 0.15) is 12.5 Å². The van der Waals surface area contributed by atoms with Gasteiger partial charge in [-0.1, -0.05) is 11.6 Å². The zero-order valence-electron chi connectivity index (χ0n) is 6.87. The highest BCUT2D eigenvalue weighted by Crippen LogP contribution is 2.13. The van der Waals surface area contributed by atoms with E-state index in [2.05, 4.69) is 5.10 Å². The first kappa shape index (κ1) is 9.06. The molecule has 0 spiro atoms. The van der Waals surface area contributed by atoms with Crippen LogP contribution in [0.25, 0.3) is 0 Å². The molecular weight excluding hydrogens is 180 g/mol. The van der Waals surface area contributed by atoms with Crippen LogP contribution in [-0.2, 0) is 23.2 Å². The van der Waals surface area contributed by atoms with Gasteiger partial charge in [0, 0.05) is 25.7 Å². The van der Waals surface area contributed by atoms with Gasteiger partial charge in [0.05, 0.1) is 0 Å². The van der Waals surface area contributed by atoms with Gasteiger partial charge in [-0.2, -0.15) is 5.10 Å². The molecule has 0 aliphatic heterocycles. The van der Waals surface area contributed by atoms with Gasteiger partial charge in [0.25, 0.3) is 0 Å². The van der Waals surface area contributed by atoms with E-state index < -0.39 is 0 Å². The van der Waals surface area contributed by atoms with Gasteiger partial charge in [-0.25, -0.2) is 0 Å². The summed E-state index contributed by atoms with van der Waals surface area (Å²) in [4.78, 5) is 10.4. The number of hydrogen-bond donors (Lipinski definition) is 0. The Labute approximate surface area is 75.1 Å². The number of ether oxygens (including phenoxy) is 1. The third kappa shape index (κ3) is 2.23. The number of aromatic nitrogens is 2. The zero-order chi connectivity index (χ0) is 9.14. The molecule has 1 aromatic rings. The summed E-state index contributed by atoms with van der Waals surface area (Å²) < 4.78 is 6.32. The van der Waals surface area contributed by atoms with Gasteiger partial charge in [-0.05, 0) is 0 Å². The van der Waals surface area contributed by atoms with Gasteiger partial charge in [0.2, 0.25) is 0 Å². The Hall–Kier alpha value is -1.03. The fourth-order valence-electron chi connectivity index (χ4n) is 0.787. The summed E-state index contributed by atoms with van der Waals surface area (Å²) in [7, 11) is 1.75. The first-order valence-corrected chi connectivity index (χ1v) is 3.79. The Balaban J connectivity index is 2.62. The minimum Gasteiger partial charge on any atom is -0.461 e. The molecule has 0 atom stereocenters. The molecule has 0 aromatic carbocycles. The first-order valence-electron chi connectivity index (χ1n) is 3.41. The highest BCUT2D eigenvalue weighted by molar-refractivity contribution is 6.30. The number of nitrogens with zero attached hydrogens (tertiary/aromatic N) is 2. The van der Waals surface area contributed by atoms with Crippen molar-refractivity contribution in [1.29, 1.82) is 0 Å². The lowest BCUT2D eigenvalue weighted by Gasteiger charge is -1.97. The number of aryl methyl sites for hydroxylation is 1. The van der Waals surface area contributed by atoms with Crippen LogP contribution in [0.4, 0.5) is 0 Å². The topological polar surface area (TPSA) is 44.1 Å². The average Bonchev–Trinajstić information content (AvgIpc) is 2.26. The summed E-state index contributed by atoms with van der Waals surface area (Å²) in [6, 6.07) is 0. The largest absolute Gasteiger partial charge is 0.461 e. The van der Waals surface area contributed by atoms with Crippen LogP contribution in [0.3, 0.4) is 0 Å². The molecule has 0 radical (unpaired) electrons. The normalized spacial score (nSPS) is 9.92. The van der Waals surface area contributed by atoms with E-state index in [1.807, 2.05) is 0 Å².